The zero-order chi connectivity index (χ0) is 6.69. The molecule has 9 heavy (non-hydrogen) atoms. The van der Waals surface area contributed by atoms with Crippen molar-refractivity contribution in [3.8, 4) is 0 Å². The first-order valence-corrected chi connectivity index (χ1v) is 3.24. The van der Waals surface area contributed by atoms with E-state index in [4.69, 9.17) is 5.11 Å². The van der Waals surface area contributed by atoms with Crippen LogP contribution in [-0.4, -0.2) is 23.7 Å². The minimum Gasteiger partial charge on any atom is -0.480 e. The Morgan fingerprint density at radius 3 is 2.67 bits per heavy atom. The zero-order valence-electron chi connectivity index (χ0n) is 5.26. The molecule has 1 fully saturated rings. The third-order valence-electron chi connectivity index (χ3n) is 1.65. The third kappa shape index (κ3) is 2.01. The molecule has 0 aromatic carbocycles. The molecule has 1 rings (SSSR count). The molecule has 0 saturated heterocycles. The fourth-order valence-corrected chi connectivity index (χ4v) is 0.844. The van der Waals surface area contributed by atoms with Crippen molar-refractivity contribution < 1.29 is 9.90 Å². The van der Waals surface area contributed by atoms with Gasteiger partial charge in [-0.15, -0.1) is 0 Å². The van der Waals surface area contributed by atoms with Gasteiger partial charge in [0.05, 0.1) is 6.54 Å². The molecule has 0 aromatic heterocycles. The fourth-order valence-electron chi connectivity index (χ4n) is 0.844. The van der Waals surface area contributed by atoms with Gasteiger partial charge in [0.15, 0.2) is 0 Å². The van der Waals surface area contributed by atoms with Crippen LogP contribution in [0.4, 0.5) is 0 Å². The molecule has 0 aliphatic heterocycles. The van der Waals surface area contributed by atoms with Gasteiger partial charge in [0, 0.05) is 6.04 Å². The second-order valence-electron chi connectivity index (χ2n) is 2.40. The largest absolute Gasteiger partial charge is 0.480 e. The number of rotatable bonds is 3. The molecule has 0 spiro atoms. The molecule has 0 amide bonds. The SMILES string of the molecule is O=C(O)CNC1CCC1. The second kappa shape index (κ2) is 2.82. The van der Waals surface area contributed by atoms with E-state index in [-0.39, 0.29) is 6.54 Å². The summed E-state index contributed by atoms with van der Waals surface area (Å²) in [4.78, 5) is 9.98. The lowest BCUT2D eigenvalue weighted by molar-refractivity contribution is -0.136. The number of carbonyl (C=O) groups is 1. The smallest absolute Gasteiger partial charge is 0.317 e. The van der Waals surface area contributed by atoms with Crippen LogP contribution in [0, 0.1) is 0 Å². The highest BCUT2D eigenvalue weighted by Gasteiger charge is 2.16. The Morgan fingerprint density at radius 2 is 2.33 bits per heavy atom. The number of hydrogen-bond donors (Lipinski definition) is 2. The van der Waals surface area contributed by atoms with Crippen LogP contribution in [0.25, 0.3) is 0 Å². The van der Waals surface area contributed by atoms with Gasteiger partial charge in [-0.1, -0.05) is 6.42 Å². The van der Waals surface area contributed by atoms with Crippen LogP contribution in [0.1, 0.15) is 19.3 Å². The Balaban J connectivity index is 1.97. The van der Waals surface area contributed by atoms with Crippen LogP contribution in [-0.2, 0) is 4.79 Å². The van der Waals surface area contributed by atoms with E-state index < -0.39 is 5.97 Å². The predicted octanol–water partition coefficient (Wildman–Crippen LogP) is 0.213. The summed E-state index contributed by atoms with van der Waals surface area (Å²) in [6.07, 6.45) is 3.54. The summed E-state index contributed by atoms with van der Waals surface area (Å²) in [6.45, 7) is 0.116. The number of carboxylic acids is 1. The summed E-state index contributed by atoms with van der Waals surface area (Å²) in [5.41, 5.74) is 0. The molecule has 0 heterocycles. The molecule has 0 radical (unpaired) electrons. The Kier molecular flexibility index (Phi) is 2.05. The van der Waals surface area contributed by atoms with Crippen molar-refractivity contribution in [1.82, 2.24) is 5.32 Å². The van der Waals surface area contributed by atoms with Gasteiger partial charge in [0.1, 0.15) is 0 Å². The van der Waals surface area contributed by atoms with E-state index in [1.54, 1.807) is 0 Å². The van der Waals surface area contributed by atoms with E-state index >= 15 is 0 Å². The Hall–Kier alpha value is -0.570. The number of aliphatic carboxylic acids is 1. The molecule has 0 bridgehead atoms. The van der Waals surface area contributed by atoms with Gasteiger partial charge in [-0.2, -0.15) is 0 Å². The lowest BCUT2D eigenvalue weighted by Crippen LogP contribution is -2.38. The van der Waals surface area contributed by atoms with E-state index in [1.165, 1.54) is 6.42 Å². The van der Waals surface area contributed by atoms with E-state index in [0.717, 1.165) is 12.8 Å². The summed E-state index contributed by atoms with van der Waals surface area (Å²) in [5, 5.41) is 11.1. The fraction of sp³-hybridized carbons (Fsp3) is 0.833. The molecular weight excluding hydrogens is 118 g/mol. The van der Waals surface area contributed by atoms with Gasteiger partial charge >= 0.3 is 5.97 Å². The standard InChI is InChI=1S/C6H11NO2/c8-6(9)4-7-5-2-1-3-5/h5,7H,1-4H2,(H,8,9). The third-order valence-corrected chi connectivity index (χ3v) is 1.65. The first-order chi connectivity index (χ1) is 4.29. The van der Waals surface area contributed by atoms with Crippen molar-refractivity contribution in [3.05, 3.63) is 0 Å². The zero-order valence-corrected chi connectivity index (χ0v) is 5.26. The van der Waals surface area contributed by atoms with E-state index in [2.05, 4.69) is 5.32 Å². The highest BCUT2D eigenvalue weighted by Crippen LogP contribution is 2.17. The summed E-state index contributed by atoms with van der Waals surface area (Å²) in [5.74, 6) is -0.762. The molecule has 0 atom stereocenters. The van der Waals surface area contributed by atoms with Gasteiger partial charge in [0.2, 0.25) is 0 Å². The molecule has 1 saturated carbocycles. The molecule has 52 valence electrons. The van der Waals surface area contributed by atoms with Crippen molar-refractivity contribution in [1.29, 1.82) is 0 Å². The van der Waals surface area contributed by atoms with Gasteiger partial charge in [-0.25, -0.2) is 0 Å². The Labute approximate surface area is 54.1 Å². The van der Waals surface area contributed by atoms with Gasteiger partial charge in [0.25, 0.3) is 0 Å². The molecule has 2 N–H and O–H groups in total. The van der Waals surface area contributed by atoms with Crippen molar-refractivity contribution in [3.63, 3.8) is 0 Å². The van der Waals surface area contributed by atoms with Crippen molar-refractivity contribution in [2.24, 2.45) is 0 Å². The maximum Gasteiger partial charge on any atom is 0.317 e. The number of nitrogens with one attached hydrogen (secondary N) is 1. The Morgan fingerprint density at radius 1 is 1.67 bits per heavy atom. The quantitative estimate of drug-likeness (QED) is 0.572. The normalized spacial score (nSPS) is 19.1. The summed E-state index contributed by atoms with van der Waals surface area (Å²) < 4.78 is 0. The van der Waals surface area contributed by atoms with Crippen molar-refractivity contribution in [2.75, 3.05) is 6.54 Å². The maximum atomic E-state index is 9.98. The molecule has 0 unspecified atom stereocenters. The van der Waals surface area contributed by atoms with Crippen LogP contribution in [0.3, 0.4) is 0 Å². The highest BCUT2D eigenvalue weighted by atomic mass is 16.4. The topological polar surface area (TPSA) is 49.3 Å². The van der Waals surface area contributed by atoms with Gasteiger partial charge in [-0.3, -0.25) is 4.79 Å². The molecule has 0 aromatic rings. The predicted molar refractivity (Wildman–Crippen MR) is 33.3 cm³/mol. The number of hydrogen-bond acceptors (Lipinski definition) is 2. The average Bonchev–Trinajstić information content (AvgIpc) is 1.60. The Bertz CT molecular complexity index is 110. The minimum absolute atomic E-state index is 0.116. The molecule has 1 aliphatic rings. The van der Waals surface area contributed by atoms with Crippen molar-refractivity contribution >= 4 is 5.97 Å². The summed E-state index contributed by atoms with van der Waals surface area (Å²) in [6, 6.07) is 0.487. The van der Waals surface area contributed by atoms with Gasteiger partial charge in [-0.05, 0) is 12.8 Å². The summed E-state index contributed by atoms with van der Waals surface area (Å²) in [7, 11) is 0. The lowest BCUT2D eigenvalue weighted by Gasteiger charge is -2.25. The molecule has 1 aliphatic carbocycles. The van der Waals surface area contributed by atoms with Gasteiger partial charge < -0.3 is 10.4 Å². The first-order valence-electron chi connectivity index (χ1n) is 3.24. The molecule has 3 heteroatoms. The lowest BCUT2D eigenvalue weighted by atomic mass is 9.93. The van der Waals surface area contributed by atoms with Crippen LogP contribution in [0.15, 0.2) is 0 Å². The van der Waals surface area contributed by atoms with Crippen LogP contribution < -0.4 is 5.32 Å². The molecule has 3 nitrogen and oxygen atoms in total. The minimum atomic E-state index is -0.762. The van der Waals surface area contributed by atoms with E-state index in [0.29, 0.717) is 6.04 Å². The van der Waals surface area contributed by atoms with E-state index in [1.807, 2.05) is 0 Å². The monoisotopic (exact) mass is 129 g/mol. The van der Waals surface area contributed by atoms with E-state index in [9.17, 15) is 4.79 Å². The first kappa shape index (κ1) is 6.55. The summed E-state index contributed by atoms with van der Waals surface area (Å²) >= 11 is 0. The number of carboxylic acid groups (broad SMARTS) is 1. The molecular formula is C6H11NO2. The van der Waals surface area contributed by atoms with Crippen LogP contribution in [0.2, 0.25) is 0 Å². The van der Waals surface area contributed by atoms with Crippen LogP contribution in [0.5, 0.6) is 0 Å². The maximum absolute atomic E-state index is 9.98. The highest BCUT2D eigenvalue weighted by molar-refractivity contribution is 5.69. The second-order valence-corrected chi connectivity index (χ2v) is 2.40. The van der Waals surface area contributed by atoms with Crippen molar-refractivity contribution in [2.45, 2.75) is 25.3 Å². The van der Waals surface area contributed by atoms with Crippen LogP contribution >= 0.6 is 0 Å². The average molecular weight is 129 g/mol.